The van der Waals surface area contributed by atoms with Gasteiger partial charge in [0, 0.05) is 13.1 Å². The molecule has 3 N–H and O–H groups in total. The Balaban J connectivity index is 4.14. The number of nitrogens with zero attached hydrogens (tertiary/aromatic N) is 1. The summed E-state index contributed by atoms with van der Waals surface area (Å²) < 4.78 is 0. The molecule has 0 rings (SSSR count). The van der Waals surface area contributed by atoms with E-state index in [2.05, 4.69) is 11.9 Å². The van der Waals surface area contributed by atoms with Crippen molar-refractivity contribution in [1.82, 2.24) is 10.2 Å². The van der Waals surface area contributed by atoms with Crippen molar-refractivity contribution in [2.45, 2.75) is 32.4 Å². The number of rotatable bonds is 6. The summed E-state index contributed by atoms with van der Waals surface area (Å²) in [7, 11) is 1.56. The van der Waals surface area contributed by atoms with Crippen molar-refractivity contribution < 1.29 is 9.59 Å². The quantitative estimate of drug-likeness (QED) is 0.621. The summed E-state index contributed by atoms with van der Waals surface area (Å²) in [5.41, 5.74) is 5.61. The zero-order valence-corrected chi connectivity index (χ0v) is 10.2. The molecule has 0 bridgehead atoms. The predicted octanol–water partition coefficient (Wildman–Crippen LogP) is -0.127. The third-order valence-electron chi connectivity index (χ3n) is 1.94. The van der Waals surface area contributed by atoms with Crippen molar-refractivity contribution in [3.63, 3.8) is 0 Å². The fourth-order valence-electron chi connectivity index (χ4n) is 1.22. The lowest BCUT2D eigenvalue weighted by molar-refractivity contribution is -0.135. The van der Waals surface area contributed by atoms with Crippen LogP contribution in [0.2, 0.25) is 0 Å². The van der Waals surface area contributed by atoms with E-state index in [0.717, 1.165) is 0 Å². The highest BCUT2D eigenvalue weighted by Crippen LogP contribution is 1.95. The van der Waals surface area contributed by atoms with Crippen LogP contribution in [0.15, 0.2) is 12.7 Å². The Labute approximate surface area is 96.7 Å². The SMILES string of the molecule is C=CCC(N)C(=O)N(C)CC(=O)NC(C)C. The lowest BCUT2D eigenvalue weighted by atomic mass is 10.2. The van der Waals surface area contributed by atoms with E-state index < -0.39 is 6.04 Å². The minimum atomic E-state index is -0.616. The number of nitrogens with one attached hydrogen (secondary N) is 1. The Morgan fingerprint density at radius 3 is 2.50 bits per heavy atom. The average Bonchev–Trinajstić information content (AvgIpc) is 2.15. The van der Waals surface area contributed by atoms with Crippen molar-refractivity contribution >= 4 is 11.8 Å². The summed E-state index contributed by atoms with van der Waals surface area (Å²) in [5, 5.41) is 2.71. The first kappa shape index (κ1) is 14.6. The van der Waals surface area contributed by atoms with Gasteiger partial charge in [-0.15, -0.1) is 6.58 Å². The normalized spacial score (nSPS) is 12.1. The molecule has 16 heavy (non-hydrogen) atoms. The molecule has 0 fully saturated rings. The van der Waals surface area contributed by atoms with E-state index in [0.29, 0.717) is 6.42 Å². The Hall–Kier alpha value is -1.36. The lowest BCUT2D eigenvalue weighted by Crippen LogP contribution is -2.46. The highest BCUT2D eigenvalue weighted by atomic mass is 16.2. The summed E-state index contributed by atoms with van der Waals surface area (Å²) in [4.78, 5) is 24.3. The van der Waals surface area contributed by atoms with Gasteiger partial charge in [-0.25, -0.2) is 0 Å². The van der Waals surface area contributed by atoms with Crippen LogP contribution in [0.1, 0.15) is 20.3 Å². The van der Waals surface area contributed by atoms with Crippen LogP contribution in [-0.4, -0.2) is 42.4 Å². The maximum Gasteiger partial charge on any atom is 0.240 e. The molecule has 1 atom stereocenters. The van der Waals surface area contributed by atoms with E-state index in [-0.39, 0.29) is 24.4 Å². The standard InChI is InChI=1S/C11H21N3O2/c1-5-6-9(12)11(16)14(4)7-10(15)13-8(2)3/h5,8-9H,1,6-7,12H2,2-4H3,(H,13,15). The minimum absolute atomic E-state index is 0.0296. The van der Waals surface area contributed by atoms with Crippen LogP contribution in [0.25, 0.3) is 0 Å². The van der Waals surface area contributed by atoms with Gasteiger partial charge < -0.3 is 16.0 Å². The summed E-state index contributed by atoms with van der Waals surface area (Å²) >= 11 is 0. The number of nitrogens with two attached hydrogens (primary N) is 1. The number of hydrogen-bond acceptors (Lipinski definition) is 3. The molecule has 5 nitrogen and oxygen atoms in total. The Morgan fingerprint density at radius 1 is 1.50 bits per heavy atom. The molecule has 0 spiro atoms. The molecule has 0 aromatic carbocycles. The van der Waals surface area contributed by atoms with Crippen LogP contribution in [0.4, 0.5) is 0 Å². The molecule has 0 aliphatic heterocycles. The average molecular weight is 227 g/mol. The Kier molecular flexibility index (Phi) is 6.41. The molecule has 0 radical (unpaired) electrons. The first-order valence-electron chi connectivity index (χ1n) is 5.29. The van der Waals surface area contributed by atoms with E-state index in [4.69, 9.17) is 5.73 Å². The topological polar surface area (TPSA) is 75.4 Å². The highest BCUT2D eigenvalue weighted by Gasteiger charge is 2.18. The molecule has 0 aliphatic rings. The van der Waals surface area contributed by atoms with E-state index in [1.54, 1.807) is 13.1 Å². The predicted molar refractivity (Wildman–Crippen MR) is 63.7 cm³/mol. The van der Waals surface area contributed by atoms with Crippen LogP contribution >= 0.6 is 0 Å². The van der Waals surface area contributed by atoms with Crippen molar-refractivity contribution in [3.8, 4) is 0 Å². The van der Waals surface area contributed by atoms with Gasteiger partial charge in [0.25, 0.3) is 0 Å². The zero-order chi connectivity index (χ0) is 12.7. The van der Waals surface area contributed by atoms with Crippen molar-refractivity contribution in [2.24, 2.45) is 5.73 Å². The molecule has 1 unspecified atom stereocenters. The van der Waals surface area contributed by atoms with Gasteiger partial charge in [-0.1, -0.05) is 6.08 Å². The fraction of sp³-hybridized carbons (Fsp3) is 0.636. The van der Waals surface area contributed by atoms with Gasteiger partial charge in [-0.2, -0.15) is 0 Å². The number of amides is 2. The molecule has 2 amide bonds. The van der Waals surface area contributed by atoms with Gasteiger partial charge in [0.15, 0.2) is 0 Å². The maximum absolute atomic E-state index is 11.6. The molecular formula is C11H21N3O2. The lowest BCUT2D eigenvalue weighted by Gasteiger charge is -2.20. The number of likely N-dealkylation sites (N-methyl/N-ethyl adjacent to an activating group) is 1. The Bertz CT molecular complexity index is 264. The molecule has 5 heteroatoms. The van der Waals surface area contributed by atoms with E-state index in [1.165, 1.54) is 4.90 Å². The van der Waals surface area contributed by atoms with Crippen LogP contribution < -0.4 is 11.1 Å². The largest absolute Gasteiger partial charge is 0.352 e. The van der Waals surface area contributed by atoms with Gasteiger partial charge in [0.1, 0.15) is 0 Å². The van der Waals surface area contributed by atoms with Gasteiger partial charge in [-0.05, 0) is 20.3 Å². The first-order chi connectivity index (χ1) is 7.38. The van der Waals surface area contributed by atoms with Gasteiger partial charge in [0.05, 0.1) is 12.6 Å². The van der Waals surface area contributed by atoms with Crippen LogP contribution in [0.3, 0.4) is 0 Å². The zero-order valence-electron chi connectivity index (χ0n) is 10.2. The molecule has 0 heterocycles. The number of carbonyl (C=O) groups is 2. The first-order valence-corrected chi connectivity index (χ1v) is 5.29. The molecule has 92 valence electrons. The van der Waals surface area contributed by atoms with Gasteiger partial charge in [0.2, 0.25) is 11.8 Å². The van der Waals surface area contributed by atoms with E-state index in [9.17, 15) is 9.59 Å². The number of carbonyl (C=O) groups excluding carboxylic acids is 2. The third kappa shape index (κ3) is 5.50. The molecule has 0 saturated heterocycles. The third-order valence-corrected chi connectivity index (χ3v) is 1.94. The van der Waals surface area contributed by atoms with Gasteiger partial charge >= 0.3 is 0 Å². The second kappa shape index (κ2) is 7.00. The summed E-state index contributed by atoms with van der Waals surface area (Å²) in [6.45, 7) is 7.27. The van der Waals surface area contributed by atoms with Crippen molar-refractivity contribution in [2.75, 3.05) is 13.6 Å². The summed E-state index contributed by atoms with van der Waals surface area (Å²) in [5.74, 6) is -0.435. The summed E-state index contributed by atoms with van der Waals surface area (Å²) in [6, 6.07) is -0.549. The van der Waals surface area contributed by atoms with Crippen molar-refractivity contribution in [3.05, 3.63) is 12.7 Å². The maximum atomic E-state index is 11.6. The van der Waals surface area contributed by atoms with Crippen LogP contribution in [0.5, 0.6) is 0 Å². The Morgan fingerprint density at radius 2 is 2.06 bits per heavy atom. The van der Waals surface area contributed by atoms with E-state index >= 15 is 0 Å². The second-order valence-electron chi connectivity index (χ2n) is 4.05. The summed E-state index contributed by atoms with van der Waals surface area (Å²) in [6.07, 6.45) is 2.00. The van der Waals surface area contributed by atoms with Crippen LogP contribution in [-0.2, 0) is 9.59 Å². The molecule has 0 aromatic rings. The minimum Gasteiger partial charge on any atom is -0.352 e. The van der Waals surface area contributed by atoms with Crippen molar-refractivity contribution in [1.29, 1.82) is 0 Å². The smallest absolute Gasteiger partial charge is 0.240 e. The second-order valence-corrected chi connectivity index (χ2v) is 4.05. The number of hydrogen-bond donors (Lipinski definition) is 2. The molecule has 0 saturated carbocycles. The molecule has 0 aliphatic carbocycles. The monoisotopic (exact) mass is 227 g/mol. The highest BCUT2D eigenvalue weighted by molar-refractivity contribution is 5.87. The fourth-order valence-corrected chi connectivity index (χ4v) is 1.22. The van der Waals surface area contributed by atoms with Crippen LogP contribution in [0, 0.1) is 0 Å². The van der Waals surface area contributed by atoms with E-state index in [1.807, 2.05) is 13.8 Å². The molecular weight excluding hydrogens is 206 g/mol. The van der Waals surface area contributed by atoms with Gasteiger partial charge in [-0.3, -0.25) is 9.59 Å². The molecule has 0 aromatic heterocycles.